The van der Waals surface area contributed by atoms with Crippen LogP contribution in [0.2, 0.25) is 0 Å². The normalized spacial score (nSPS) is 12.2. The Morgan fingerprint density at radius 2 is 2.40 bits per heavy atom. The van der Waals surface area contributed by atoms with Gasteiger partial charge in [-0.15, -0.1) is 0 Å². The molecule has 0 aliphatic rings. The summed E-state index contributed by atoms with van der Waals surface area (Å²) in [7, 11) is 1.80. The van der Waals surface area contributed by atoms with E-state index >= 15 is 0 Å². The van der Waals surface area contributed by atoms with Crippen molar-refractivity contribution in [3.63, 3.8) is 0 Å². The largest absolute Gasteiger partial charge is 0.494 e. The third-order valence-corrected chi connectivity index (χ3v) is 3.80. The van der Waals surface area contributed by atoms with Crippen LogP contribution in [0.3, 0.4) is 0 Å². The summed E-state index contributed by atoms with van der Waals surface area (Å²) in [5.41, 5.74) is 1.91. The number of hydrogen-bond donors (Lipinski definition) is 2. The smallest absolute Gasteiger partial charge is 0.166 e. The van der Waals surface area contributed by atoms with Crippen LogP contribution >= 0.6 is 11.8 Å². The summed E-state index contributed by atoms with van der Waals surface area (Å²) in [6, 6.07) is 7.95. The topological polar surface area (TPSA) is 73.7 Å². The van der Waals surface area contributed by atoms with Gasteiger partial charge in [-0.2, -0.15) is 5.26 Å². The van der Waals surface area contributed by atoms with Gasteiger partial charge in [-0.1, -0.05) is 11.8 Å². The summed E-state index contributed by atoms with van der Waals surface area (Å²) in [4.78, 5) is 7.78. The number of benzene rings is 1. The molecule has 0 aliphatic carbocycles. The first-order valence-corrected chi connectivity index (χ1v) is 7.57. The van der Waals surface area contributed by atoms with Gasteiger partial charge in [-0.05, 0) is 32.5 Å². The predicted octanol–water partition coefficient (Wildman–Crippen LogP) is 2.56. The van der Waals surface area contributed by atoms with E-state index in [1.807, 2.05) is 25.1 Å². The van der Waals surface area contributed by atoms with E-state index in [2.05, 4.69) is 21.4 Å². The molecule has 1 atom stereocenters. The van der Waals surface area contributed by atoms with E-state index in [0.717, 1.165) is 34.1 Å². The van der Waals surface area contributed by atoms with Crippen molar-refractivity contribution in [2.45, 2.75) is 24.5 Å². The maximum atomic E-state index is 8.86. The number of thioether (sulfide) groups is 1. The molecule has 6 heteroatoms. The summed E-state index contributed by atoms with van der Waals surface area (Å²) in [6.45, 7) is 2.62. The molecule has 0 saturated carbocycles. The van der Waals surface area contributed by atoms with Crippen molar-refractivity contribution < 1.29 is 4.74 Å². The van der Waals surface area contributed by atoms with Crippen molar-refractivity contribution in [2.24, 2.45) is 0 Å². The molecule has 0 amide bonds. The first-order valence-electron chi connectivity index (χ1n) is 6.59. The molecule has 0 aliphatic heterocycles. The van der Waals surface area contributed by atoms with Crippen LogP contribution in [0.15, 0.2) is 23.4 Å². The lowest BCUT2D eigenvalue weighted by Crippen LogP contribution is -2.23. The van der Waals surface area contributed by atoms with Crippen LogP contribution in [0.25, 0.3) is 11.0 Å². The molecule has 2 rings (SSSR count). The number of nitriles is 1. The molecular weight excluding hydrogens is 272 g/mol. The number of fused-ring (bicyclic) bond motifs is 1. The highest BCUT2D eigenvalue weighted by molar-refractivity contribution is 7.99. The van der Waals surface area contributed by atoms with Crippen LogP contribution in [0.1, 0.15) is 13.3 Å². The average molecular weight is 290 g/mol. The van der Waals surface area contributed by atoms with E-state index in [4.69, 9.17) is 10.00 Å². The molecule has 0 spiro atoms. The number of aromatic nitrogens is 2. The Labute approximate surface area is 122 Å². The third kappa shape index (κ3) is 3.65. The molecule has 2 aromatic rings. The number of hydrogen-bond acceptors (Lipinski definition) is 5. The molecule has 1 unspecified atom stereocenters. The van der Waals surface area contributed by atoms with Crippen molar-refractivity contribution in [1.29, 1.82) is 5.26 Å². The highest BCUT2D eigenvalue weighted by Crippen LogP contribution is 2.23. The van der Waals surface area contributed by atoms with Gasteiger partial charge >= 0.3 is 0 Å². The average Bonchev–Trinajstić information content (AvgIpc) is 2.86. The number of imidazole rings is 1. The highest BCUT2D eigenvalue weighted by Gasteiger charge is 2.07. The second-order valence-electron chi connectivity index (χ2n) is 4.26. The van der Waals surface area contributed by atoms with Crippen LogP contribution in [-0.4, -0.2) is 35.4 Å². The lowest BCUT2D eigenvalue weighted by molar-refractivity contribution is 0.340. The third-order valence-electron chi connectivity index (χ3n) is 2.89. The molecule has 1 aromatic carbocycles. The molecule has 20 heavy (non-hydrogen) atoms. The lowest BCUT2D eigenvalue weighted by Gasteiger charge is -2.04. The standard InChI is InChI=1S/C14H18N4OS/c1-3-19-11-4-5-12-13(8-11)18-14(17-12)20-7-6-10(9-15)16-2/h4-5,8,10,16H,3,6-7H2,1-2H3,(H,17,18). The van der Waals surface area contributed by atoms with Gasteiger partial charge in [0.2, 0.25) is 0 Å². The Balaban J connectivity index is 1.99. The second kappa shape index (κ2) is 7.17. The zero-order chi connectivity index (χ0) is 14.4. The lowest BCUT2D eigenvalue weighted by atomic mass is 10.3. The van der Waals surface area contributed by atoms with E-state index in [0.29, 0.717) is 6.61 Å². The SMILES string of the molecule is CCOc1ccc2nc(SCCC(C#N)NC)[nH]c2c1. The van der Waals surface area contributed by atoms with Gasteiger partial charge < -0.3 is 15.0 Å². The minimum absolute atomic E-state index is 0.101. The molecule has 106 valence electrons. The number of nitrogens with zero attached hydrogens (tertiary/aromatic N) is 2. The fourth-order valence-electron chi connectivity index (χ4n) is 1.84. The van der Waals surface area contributed by atoms with Crippen molar-refractivity contribution in [3.8, 4) is 11.8 Å². The maximum absolute atomic E-state index is 8.86. The van der Waals surface area contributed by atoms with Gasteiger partial charge in [-0.3, -0.25) is 0 Å². The molecule has 1 heterocycles. The summed E-state index contributed by atoms with van der Waals surface area (Å²) in [6.07, 6.45) is 0.791. The van der Waals surface area contributed by atoms with E-state index in [-0.39, 0.29) is 6.04 Å². The fraction of sp³-hybridized carbons (Fsp3) is 0.429. The van der Waals surface area contributed by atoms with Crippen LogP contribution in [0.5, 0.6) is 5.75 Å². The van der Waals surface area contributed by atoms with Crippen LogP contribution in [0, 0.1) is 11.3 Å². The van der Waals surface area contributed by atoms with Crippen LogP contribution < -0.4 is 10.1 Å². The number of ether oxygens (including phenoxy) is 1. The molecule has 0 radical (unpaired) electrons. The van der Waals surface area contributed by atoms with Crippen LogP contribution in [-0.2, 0) is 0 Å². The zero-order valence-corrected chi connectivity index (χ0v) is 12.5. The number of aromatic amines is 1. The maximum Gasteiger partial charge on any atom is 0.166 e. The quantitative estimate of drug-likeness (QED) is 0.767. The second-order valence-corrected chi connectivity index (χ2v) is 5.35. The van der Waals surface area contributed by atoms with E-state index < -0.39 is 0 Å². The molecule has 0 bridgehead atoms. The first-order chi connectivity index (χ1) is 9.76. The zero-order valence-electron chi connectivity index (χ0n) is 11.6. The summed E-state index contributed by atoms with van der Waals surface area (Å²) >= 11 is 1.63. The fourth-order valence-corrected chi connectivity index (χ4v) is 2.73. The summed E-state index contributed by atoms with van der Waals surface area (Å²) in [5, 5.41) is 12.7. The Kier molecular flexibility index (Phi) is 5.27. The predicted molar refractivity (Wildman–Crippen MR) is 81.1 cm³/mol. The highest BCUT2D eigenvalue weighted by atomic mass is 32.2. The Bertz CT molecular complexity index is 605. The molecule has 0 saturated heterocycles. The van der Waals surface area contributed by atoms with Gasteiger partial charge in [0, 0.05) is 11.8 Å². The summed E-state index contributed by atoms with van der Waals surface area (Å²) < 4.78 is 5.47. The number of rotatable bonds is 7. The van der Waals surface area contributed by atoms with Crippen molar-refractivity contribution in [2.75, 3.05) is 19.4 Å². The van der Waals surface area contributed by atoms with Crippen molar-refractivity contribution in [1.82, 2.24) is 15.3 Å². The monoisotopic (exact) mass is 290 g/mol. The van der Waals surface area contributed by atoms with Crippen molar-refractivity contribution in [3.05, 3.63) is 18.2 Å². The molecule has 0 fully saturated rings. The van der Waals surface area contributed by atoms with Gasteiger partial charge in [0.05, 0.1) is 29.8 Å². The summed E-state index contributed by atoms with van der Waals surface area (Å²) in [5.74, 6) is 1.69. The minimum Gasteiger partial charge on any atom is -0.494 e. The Morgan fingerprint density at radius 1 is 1.55 bits per heavy atom. The number of H-pyrrole nitrogens is 1. The molecule has 5 nitrogen and oxygen atoms in total. The molecule has 1 aromatic heterocycles. The van der Waals surface area contributed by atoms with E-state index in [1.54, 1.807) is 18.8 Å². The van der Waals surface area contributed by atoms with Gasteiger partial charge in [0.15, 0.2) is 5.16 Å². The van der Waals surface area contributed by atoms with Gasteiger partial charge in [-0.25, -0.2) is 4.98 Å². The van der Waals surface area contributed by atoms with Gasteiger partial charge in [0.25, 0.3) is 0 Å². The Morgan fingerprint density at radius 3 is 3.10 bits per heavy atom. The Hall–Kier alpha value is -1.71. The minimum atomic E-state index is -0.101. The van der Waals surface area contributed by atoms with Crippen molar-refractivity contribution >= 4 is 22.8 Å². The number of nitrogens with one attached hydrogen (secondary N) is 2. The molecular formula is C14H18N4OS. The van der Waals surface area contributed by atoms with E-state index in [9.17, 15) is 0 Å². The van der Waals surface area contributed by atoms with E-state index in [1.165, 1.54) is 0 Å². The van der Waals surface area contributed by atoms with Gasteiger partial charge in [0.1, 0.15) is 5.75 Å². The first kappa shape index (κ1) is 14.7. The molecule has 2 N–H and O–H groups in total. The van der Waals surface area contributed by atoms with Crippen LogP contribution in [0.4, 0.5) is 0 Å².